The number of rotatable bonds is 7. The molecule has 0 bridgehead atoms. The first-order valence-corrected chi connectivity index (χ1v) is 8.24. The lowest BCUT2D eigenvalue weighted by atomic mass is 10.1. The molecular weight excluding hydrogens is 377 g/mol. The Balaban J connectivity index is 1.90. The molecule has 0 fully saturated rings. The van der Waals surface area contributed by atoms with Gasteiger partial charge >= 0.3 is 0 Å². The molecule has 0 unspecified atom stereocenters. The molecule has 0 radical (unpaired) electrons. The van der Waals surface area contributed by atoms with Gasteiger partial charge in [0.05, 0.1) is 20.6 Å². The number of halogens is 2. The molecule has 0 heterocycles. The Labute approximate surface area is 149 Å². The molecule has 0 aliphatic rings. The van der Waals surface area contributed by atoms with Crippen LogP contribution in [-0.2, 0) is 17.6 Å². The van der Waals surface area contributed by atoms with Crippen molar-refractivity contribution in [3.05, 3.63) is 57.8 Å². The lowest BCUT2D eigenvalue weighted by Gasteiger charge is -2.12. The SMILES string of the molecule is COc1cc(Br)c(CCNC(=O)Cc2cccc(F)c2)cc1OC. The van der Waals surface area contributed by atoms with Crippen molar-refractivity contribution in [1.29, 1.82) is 0 Å². The number of ether oxygens (including phenoxy) is 2. The Morgan fingerprint density at radius 2 is 1.88 bits per heavy atom. The topological polar surface area (TPSA) is 47.6 Å². The van der Waals surface area contributed by atoms with Crippen LogP contribution >= 0.6 is 15.9 Å². The highest BCUT2D eigenvalue weighted by atomic mass is 79.9. The second-order valence-corrected chi connectivity index (χ2v) is 6.06. The molecule has 0 saturated heterocycles. The van der Waals surface area contributed by atoms with Crippen LogP contribution in [0.5, 0.6) is 11.5 Å². The zero-order valence-electron chi connectivity index (χ0n) is 13.6. The van der Waals surface area contributed by atoms with Crippen LogP contribution in [0.25, 0.3) is 0 Å². The Bertz CT molecular complexity index is 721. The number of methoxy groups -OCH3 is 2. The normalized spacial score (nSPS) is 10.3. The summed E-state index contributed by atoms with van der Waals surface area (Å²) in [7, 11) is 3.16. The summed E-state index contributed by atoms with van der Waals surface area (Å²) in [6, 6.07) is 9.76. The van der Waals surface area contributed by atoms with E-state index in [1.165, 1.54) is 12.1 Å². The highest BCUT2D eigenvalue weighted by Gasteiger charge is 2.10. The van der Waals surface area contributed by atoms with Gasteiger partial charge in [0.2, 0.25) is 5.91 Å². The van der Waals surface area contributed by atoms with E-state index in [4.69, 9.17) is 9.47 Å². The van der Waals surface area contributed by atoms with E-state index < -0.39 is 0 Å². The standard InChI is InChI=1S/C18H19BrFNO3/c1-23-16-10-13(15(19)11-17(16)24-2)6-7-21-18(22)9-12-4-3-5-14(20)8-12/h3-5,8,10-11H,6-7,9H2,1-2H3,(H,21,22). The molecular formula is C18H19BrFNO3. The fraction of sp³-hybridized carbons (Fsp3) is 0.278. The predicted octanol–water partition coefficient (Wildman–Crippen LogP) is 3.51. The maximum Gasteiger partial charge on any atom is 0.224 e. The lowest BCUT2D eigenvalue weighted by Crippen LogP contribution is -2.27. The number of carbonyl (C=O) groups excluding carboxylic acids is 1. The highest BCUT2D eigenvalue weighted by molar-refractivity contribution is 9.10. The molecule has 0 atom stereocenters. The zero-order chi connectivity index (χ0) is 17.5. The van der Waals surface area contributed by atoms with Crippen molar-refractivity contribution in [1.82, 2.24) is 5.32 Å². The first kappa shape index (κ1) is 18.3. The average Bonchev–Trinajstić information content (AvgIpc) is 2.55. The number of benzene rings is 2. The number of carbonyl (C=O) groups is 1. The second kappa shape index (κ2) is 8.68. The van der Waals surface area contributed by atoms with Crippen molar-refractivity contribution in [3.8, 4) is 11.5 Å². The molecule has 128 valence electrons. The zero-order valence-corrected chi connectivity index (χ0v) is 15.2. The minimum absolute atomic E-state index is 0.141. The van der Waals surface area contributed by atoms with Crippen molar-refractivity contribution in [2.75, 3.05) is 20.8 Å². The molecule has 0 saturated carbocycles. The van der Waals surface area contributed by atoms with Gasteiger partial charge in [-0.2, -0.15) is 0 Å². The average molecular weight is 396 g/mol. The van der Waals surface area contributed by atoms with Crippen molar-refractivity contribution in [2.45, 2.75) is 12.8 Å². The molecule has 0 aliphatic heterocycles. The molecule has 2 rings (SSSR count). The molecule has 0 aliphatic carbocycles. The third-order valence-electron chi connectivity index (χ3n) is 3.52. The van der Waals surface area contributed by atoms with Crippen molar-refractivity contribution in [2.24, 2.45) is 0 Å². The second-order valence-electron chi connectivity index (χ2n) is 5.21. The fourth-order valence-corrected chi connectivity index (χ4v) is 2.84. The van der Waals surface area contributed by atoms with Gasteiger partial charge in [-0.3, -0.25) is 4.79 Å². The smallest absolute Gasteiger partial charge is 0.224 e. The molecule has 4 nitrogen and oxygen atoms in total. The van der Waals surface area contributed by atoms with Crippen LogP contribution < -0.4 is 14.8 Å². The Morgan fingerprint density at radius 3 is 2.54 bits per heavy atom. The van der Waals surface area contributed by atoms with Crippen LogP contribution in [0.3, 0.4) is 0 Å². The number of amides is 1. The maximum absolute atomic E-state index is 13.1. The summed E-state index contributed by atoms with van der Waals surface area (Å²) >= 11 is 3.49. The lowest BCUT2D eigenvalue weighted by molar-refractivity contribution is -0.120. The van der Waals surface area contributed by atoms with Crippen LogP contribution in [-0.4, -0.2) is 26.7 Å². The summed E-state index contributed by atoms with van der Waals surface area (Å²) in [4.78, 5) is 11.9. The fourth-order valence-electron chi connectivity index (χ4n) is 2.32. The van der Waals surface area contributed by atoms with Gasteiger partial charge in [-0.15, -0.1) is 0 Å². The Hall–Kier alpha value is -2.08. The van der Waals surface area contributed by atoms with Crippen LogP contribution in [0, 0.1) is 5.82 Å². The number of hydrogen-bond acceptors (Lipinski definition) is 3. The monoisotopic (exact) mass is 395 g/mol. The number of hydrogen-bond donors (Lipinski definition) is 1. The first-order chi connectivity index (χ1) is 11.5. The summed E-state index contributed by atoms with van der Waals surface area (Å²) < 4.78 is 24.5. The quantitative estimate of drug-likeness (QED) is 0.780. The molecule has 2 aromatic carbocycles. The van der Waals surface area contributed by atoms with E-state index in [1.54, 1.807) is 26.4 Å². The molecule has 6 heteroatoms. The summed E-state index contributed by atoms with van der Waals surface area (Å²) in [5.74, 6) is 0.803. The summed E-state index contributed by atoms with van der Waals surface area (Å²) in [5, 5.41) is 2.84. The van der Waals surface area contributed by atoms with Gasteiger partial charge in [-0.1, -0.05) is 28.1 Å². The summed E-state index contributed by atoms with van der Waals surface area (Å²) in [6.07, 6.45) is 0.792. The van der Waals surface area contributed by atoms with E-state index in [9.17, 15) is 9.18 Å². The van der Waals surface area contributed by atoms with E-state index in [1.807, 2.05) is 12.1 Å². The summed E-state index contributed by atoms with van der Waals surface area (Å²) in [6.45, 7) is 0.474. The Kier molecular flexibility index (Phi) is 6.61. The van der Waals surface area contributed by atoms with E-state index >= 15 is 0 Å². The van der Waals surface area contributed by atoms with E-state index in [0.29, 0.717) is 30.0 Å². The van der Waals surface area contributed by atoms with Crippen molar-refractivity contribution < 1.29 is 18.7 Å². The minimum Gasteiger partial charge on any atom is -0.493 e. The van der Waals surface area contributed by atoms with Gasteiger partial charge in [-0.05, 0) is 41.8 Å². The molecule has 24 heavy (non-hydrogen) atoms. The largest absolute Gasteiger partial charge is 0.493 e. The first-order valence-electron chi connectivity index (χ1n) is 7.45. The van der Waals surface area contributed by atoms with Crippen LogP contribution in [0.2, 0.25) is 0 Å². The van der Waals surface area contributed by atoms with Crippen LogP contribution in [0.15, 0.2) is 40.9 Å². The molecule has 2 aromatic rings. The molecule has 0 spiro atoms. The van der Waals surface area contributed by atoms with Gasteiger partial charge in [-0.25, -0.2) is 4.39 Å². The third kappa shape index (κ3) is 4.96. The molecule has 1 N–H and O–H groups in total. The molecule has 1 amide bonds. The van der Waals surface area contributed by atoms with Gasteiger partial charge in [0.15, 0.2) is 11.5 Å². The van der Waals surface area contributed by atoms with Crippen LogP contribution in [0.1, 0.15) is 11.1 Å². The third-order valence-corrected chi connectivity index (χ3v) is 4.26. The number of nitrogens with one attached hydrogen (secondary N) is 1. The Morgan fingerprint density at radius 1 is 1.17 bits per heavy atom. The van der Waals surface area contributed by atoms with Gasteiger partial charge < -0.3 is 14.8 Å². The summed E-state index contributed by atoms with van der Waals surface area (Å²) in [5.41, 5.74) is 1.65. The van der Waals surface area contributed by atoms with Crippen molar-refractivity contribution >= 4 is 21.8 Å². The maximum atomic E-state index is 13.1. The minimum atomic E-state index is -0.338. The van der Waals surface area contributed by atoms with Gasteiger partial charge in [0.1, 0.15) is 5.82 Å². The molecule has 0 aromatic heterocycles. The van der Waals surface area contributed by atoms with Gasteiger partial charge in [0.25, 0.3) is 0 Å². The van der Waals surface area contributed by atoms with Gasteiger partial charge in [0, 0.05) is 11.0 Å². The highest BCUT2D eigenvalue weighted by Crippen LogP contribution is 2.33. The van der Waals surface area contributed by atoms with E-state index in [0.717, 1.165) is 10.0 Å². The van der Waals surface area contributed by atoms with Crippen molar-refractivity contribution in [3.63, 3.8) is 0 Å². The van der Waals surface area contributed by atoms with Crippen LogP contribution in [0.4, 0.5) is 4.39 Å². The predicted molar refractivity (Wildman–Crippen MR) is 94.1 cm³/mol. The van der Waals surface area contributed by atoms with E-state index in [2.05, 4.69) is 21.2 Å². The van der Waals surface area contributed by atoms with E-state index in [-0.39, 0.29) is 18.1 Å².